The second kappa shape index (κ2) is 9.14. The number of carbonyl (C=O) groups is 1. The standard InChI is InChI=1S/C17H21F3N6O7S2/c1-24-12(8-11(23-24)17(18,19)20)33-15-13(26(34(2,29)30)35(3,31)32)14(21-9-22-15)25-6-4-10(5-7-25)16(27)28/h8-10H,4-7H2,1-3H3,(H,27,28). The average molecular weight is 543 g/mol. The summed E-state index contributed by atoms with van der Waals surface area (Å²) in [6, 6.07) is 0.537. The van der Waals surface area contributed by atoms with E-state index >= 15 is 0 Å². The highest BCUT2D eigenvalue weighted by molar-refractivity contribution is 8.09. The van der Waals surface area contributed by atoms with Crippen LogP contribution in [0.2, 0.25) is 0 Å². The maximum atomic E-state index is 13.1. The molecule has 0 bridgehead atoms. The van der Waals surface area contributed by atoms with E-state index in [2.05, 4.69) is 15.1 Å². The van der Waals surface area contributed by atoms with Crippen LogP contribution < -0.4 is 13.3 Å². The van der Waals surface area contributed by atoms with Crippen LogP contribution in [0.1, 0.15) is 18.5 Å². The average Bonchev–Trinajstić information content (AvgIpc) is 3.08. The molecule has 1 aliphatic heterocycles. The van der Waals surface area contributed by atoms with Crippen LogP contribution in [0.4, 0.5) is 24.7 Å². The molecule has 2 aromatic rings. The van der Waals surface area contributed by atoms with E-state index in [0.29, 0.717) is 18.6 Å². The molecule has 1 saturated heterocycles. The number of piperidine rings is 1. The molecular weight excluding hydrogens is 521 g/mol. The number of sulfonamides is 2. The lowest BCUT2D eigenvalue weighted by Crippen LogP contribution is -2.40. The monoisotopic (exact) mass is 542 g/mol. The maximum Gasteiger partial charge on any atom is 0.435 e. The number of halogens is 3. The molecule has 0 aliphatic carbocycles. The maximum absolute atomic E-state index is 13.1. The number of aryl methyl sites for hydroxylation is 1. The zero-order valence-electron chi connectivity index (χ0n) is 18.6. The van der Waals surface area contributed by atoms with Crippen molar-refractivity contribution in [3.63, 3.8) is 0 Å². The van der Waals surface area contributed by atoms with Crippen LogP contribution in [0.5, 0.6) is 11.8 Å². The van der Waals surface area contributed by atoms with Crippen molar-refractivity contribution in [3.8, 4) is 11.8 Å². The summed E-state index contributed by atoms with van der Waals surface area (Å²) < 4.78 is 95.5. The van der Waals surface area contributed by atoms with Crippen LogP contribution in [0, 0.1) is 5.92 Å². The molecule has 0 saturated carbocycles. The fourth-order valence-corrected chi connectivity index (χ4v) is 6.47. The molecule has 1 N–H and O–H groups in total. The molecule has 1 fully saturated rings. The summed E-state index contributed by atoms with van der Waals surface area (Å²) in [4.78, 5) is 20.5. The molecular formula is C17H21F3N6O7S2. The van der Waals surface area contributed by atoms with Gasteiger partial charge in [-0.15, -0.1) is 0 Å². The SMILES string of the molecule is Cn1nc(C(F)(F)F)cc1Oc1ncnc(N2CCC(C(=O)O)CC2)c1N(S(C)(=O)=O)S(C)(=O)=O. The van der Waals surface area contributed by atoms with E-state index in [4.69, 9.17) is 4.74 Å². The van der Waals surface area contributed by atoms with Gasteiger partial charge in [-0.05, 0) is 12.8 Å². The summed E-state index contributed by atoms with van der Waals surface area (Å²) in [5.74, 6) is -3.06. The normalized spacial score (nSPS) is 15.8. The van der Waals surface area contributed by atoms with Gasteiger partial charge >= 0.3 is 12.1 Å². The second-order valence-electron chi connectivity index (χ2n) is 7.76. The minimum Gasteiger partial charge on any atom is -0.481 e. The number of aromatic nitrogens is 4. The molecule has 194 valence electrons. The van der Waals surface area contributed by atoms with Crippen molar-refractivity contribution < 1.29 is 44.6 Å². The summed E-state index contributed by atoms with van der Waals surface area (Å²) in [6.07, 6.45) is -2.36. The molecule has 1 aliphatic rings. The Hall–Kier alpha value is -3.15. The number of aliphatic carboxylic acids is 1. The lowest BCUT2D eigenvalue weighted by molar-refractivity contribution is -0.142. The topological polar surface area (TPSA) is 165 Å². The van der Waals surface area contributed by atoms with Gasteiger partial charge in [-0.25, -0.2) is 26.5 Å². The van der Waals surface area contributed by atoms with E-state index in [1.807, 2.05) is 0 Å². The van der Waals surface area contributed by atoms with Crippen molar-refractivity contribution in [1.29, 1.82) is 0 Å². The zero-order valence-corrected chi connectivity index (χ0v) is 20.2. The Labute approximate surface area is 198 Å². The Kier molecular flexibility index (Phi) is 6.91. The summed E-state index contributed by atoms with van der Waals surface area (Å²) in [6.45, 7) is 0.150. The number of hydrogen-bond donors (Lipinski definition) is 1. The largest absolute Gasteiger partial charge is 0.481 e. The van der Waals surface area contributed by atoms with Crippen LogP contribution in [0.3, 0.4) is 0 Å². The summed E-state index contributed by atoms with van der Waals surface area (Å²) in [5, 5.41) is 12.5. The molecule has 18 heteroatoms. The first-order chi connectivity index (χ1) is 16.0. The third-order valence-electron chi connectivity index (χ3n) is 5.03. The van der Waals surface area contributed by atoms with Crippen LogP contribution in [0.25, 0.3) is 0 Å². The molecule has 2 aromatic heterocycles. The van der Waals surface area contributed by atoms with E-state index in [9.17, 15) is 39.9 Å². The van der Waals surface area contributed by atoms with Gasteiger partial charge in [0.15, 0.2) is 17.2 Å². The van der Waals surface area contributed by atoms with Crippen molar-refractivity contribution >= 4 is 37.5 Å². The highest BCUT2D eigenvalue weighted by atomic mass is 32.3. The van der Waals surface area contributed by atoms with Crippen molar-refractivity contribution in [2.45, 2.75) is 19.0 Å². The molecule has 0 radical (unpaired) electrons. The van der Waals surface area contributed by atoms with E-state index in [0.717, 1.165) is 18.1 Å². The lowest BCUT2D eigenvalue weighted by Gasteiger charge is -2.33. The molecule has 0 unspecified atom stereocenters. The highest BCUT2D eigenvalue weighted by Gasteiger charge is 2.39. The predicted molar refractivity (Wildman–Crippen MR) is 115 cm³/mol. The smallest absolute Gasteiger partial charge is 0.435 e. The van der Waals surface area contributed by atoms with Crippen molar-refractivity contribution in [2.24, 2.45) is 13.0 Å². The van der Waals surface area contributed by atoms with Crippen molar-refractivity contribution in [1.82, 2.24) is 19.7 Å². The van der Waals surface area contributed by atoms with Gasteiger partial charge in [0.1, 0.15) is 6.33 Å². The predicted octanol–water partition coefficient (Wildman–Crippen LogP) is 1.05. The molecule has 0 aromatic carbocycles. The number of alkyl halides is 3. The second-order valence-corrected chi connectivity index (χ2v) is 11.7. The van der Waals surface area contributed by atoms with Crippen LogP contribution >= 0.6 is 0 Å². The molecule has 13 nitrogen and oxygen atoms in total. The Bertz CT molecular complexity index is 1300. The summed E-state index contributed by atoms with van der Waals surface area (Å²) in [5.41, 5.74) is -1.95. The fraction of sp³-hybridized carbons (Fsp3) is 0.529. The molecule has 35 heavy (non-hydrogen) atoms. The number of nitrogens with zero attached hydrogens (tertiary/aromatic N) is 6. The number of carboxylic acid groups (broad SMARTS) is 1. The zero-order chi connectivity index (χ0) is 26.3. The minimum absolute atomic E-state index is 0.0228. The quantitative estimate of drug-likeness (QED) is 0.531. The Morgan fingerprint density at radius 2 is 1.71 bits per heavy atom. The number of hydrogen-bond acceptors (Lipinski definition) is 10. The number of ether oxygens (including phenoxy) is 1. The van der Waals surface area contributed by atoms with Gasteiger partial charge in [0, 0.05) is 26.2 Å². The van der Waals surface area contributed by atoms with Gasteiger partial charge in [0.2, 0.25) is 25.9 Å². The number of rotatable bonds is 7. The first-order valence-corrected chi connectivity index (χ1v) is 13.5. The van der Waals surface area contributed by atoms with Gasteiger partial charge in [0.05, 0.1) is 18.4 Å². The third kappa shape index (κ3) is 5.75. The van der Waals surface area contributed by atoms with Gasteiger partial charge in [0.25, 0.3) is 5.88 Å². The van der Waals surface area contributed by atoms with E-state index in [1.165, 1.54) is 4.90 Å². The van der Waals surface area contributed by atoms with Gasteiger partial charge in [-0.2, -0.15) is 27.0 Å². The molecule has 3 rings (SSSR count). The van der Waals surface area contributed by atoms with Crippen LogP contribution in [-0.4, -0.2) is 73.3 Å². The van der Waals surface area contributed by atoms with Crippen molar-refractivity contribution in [2.75, 3.05) is 34.2 Å². The van der Waals surface area contributed by atoms with Crippen LogP contribution in [0.15, 0.2) is 12.4 Å². The lowest BCUT2D eigenvalue weighted by atomic mass is 9.97. The molecule has 0 amide bonds. The number of anilines is 2. The Balaban J connectivity index is 2.17. The fourth-order valence-electron chi connectivity index (χ4n) is 3.52. The highest BCUT2D eigenvalue weighted by Crippen LogP contribution is 2.41. The third-order valence-corrected chi connectivity index (χ3v) is 8.22. The number of carboxylic acids is 1. The first-order valence-electron chi connectivity index (χ1n) is 9.82. The molecule has 0 atom stereocenters. The van der Waals surface area contributed by atoms with Gasteiger partial charge in [-0.3, -0.25) is 4.79 Å². The van der Waals surface area contributed by atoms with Gasteiger partial charge < -0.3 is 14.7 Å². The summed E-state index contributed by atoms with van der Waals surface area (Å²) >= 11 is 0. The Morgan fingerprint density at radius 1 is 1.14 bits per heavy atom. The van der Waals surface area contributed by atoms with E-state index in [1.54, 1.807) is 0 Å². The first kappa shape index (κ1) is 26.5. The molecule has 3 heterocycles. The van der Waals surface area contributed by atoms with Crippen molar-refractivity contribution in [3.05, 3.63) is 18.1 Å². The summed E-state index contributed by atoms with van der Waals surface area (Å²) in [7, 11) is -7.95. The van der Waals surface area contributed by atoms with Crippen LogP contribution in [-0.2, 0) is 38.1 Å². The van der Waals surface area contributed by atoms with Gasteiger partial charge in [-0.1, -0.05) is 0 Å². The minimum atomic E-state index is -4.81. The van der Waals surface area contributed by atoms with E-state index < -0.39 is 61.3 Å². The van der Waals surface area contributed by atoms with E-state index in [-0.39, 0.29) is 35.5 Å². The molecule has 0 spiro atoms. The Morgan fingerprint density at radius 3 is 2.17 bits per heavy atom.